The summed E-state index contributed by atoms with van der Waals surface area (Å²) in [6.07, 6.45) is 1.41. The van der Waals surface area contributed by atoms with Gasteiger partial charge >= 0.3 is 0 Å². The quantitative estimate of drug-likeness (QED) is 0.869. The van der Waals surface area contributed by atoms with Gasteiger partial charge in [-0.15, -0.1) is 0 Å². The first-order valence-corrected chi connectivity index (χ1v) is 7.98. The van der Waals surface area contributed by atoms with Crippen molar-refractivity contribution < 1.29 is 13.5 Å². The van der Waals surface area contributed by atoms with E-state index in [4.69, 9.17) is 5.73 Å². The van der Waals surface area contributed by atoms with Gasteiger partial charge in [-0.1, -0.05) is 6.07 Å². The van der Waals surface area contributed by atoms with E-state index < -0.39 is 10.0 Å². The van der Waals surface area contributed by atoms with Crippen LogP contribution < -0.4 is 10.0 Å². The molecule has 0 saturated carbocycles. The number of anilines is 2. The van der Waals surface area contributed by atoms with Crippen LogP contribution in [0.4, 0.5) is 11.5 Å². The van der Waals surface area contributed by atoms with Crippen molar-refractivity contribution in [2.75, 3.05) is 16.6 Å². The van der Waals surface area contributed by atoms with Crippen molar-refractivity contribution in [3.05, 3.63) is 30.5 Å². The van der Waals surface area contributed by atoms with Crippen LogP contribution >= 0.6 is 0 Å². The Hall–Kier alpha value is -2.22. The molecule has 0 spiro atoms. The average molecular weight is 310 g/mol. The monoisotopic (exact) mass is 310 g/mol. The fourth-order valence-electron chi connectivity index (χ4n) is 2.04. The van der Waals surface area contributed by atoms with Crippen LogP contribution in [0.15, 0.2) is 35.4 Å². The van der Waals surface area contributed by atoms with E-state index in [0.717, 1.165) is 0 Å². The van der Waals surface area contributed by atoms with E-state index in [1.54, 1.807) is 19.1 Å². The lowest BCUT2D eigenvalue weighted by atomic mass is 10.3. The molecule has 3 N–H and O–H groups in total. The Balaban J connectivity index is 2.51. The molecule has 0 unspecified atom stereocenters. The molecule has 0 aliphatic heterocycles. The predicted molar refractivity (Wildman–Crippen MR) is 80.6 cm³/mol. The molecule has 0 aliphatic carbocycles. The highest BCUT2D eigenvalue weighted by Crippen LogP contribution is 2.28. The highest BCUT2D eigenvalue weighted by Gasteiger charge is 2.28. The van der Waals surface area contributed by atoms with Gasteiger partial charge in [-0.05, 0) is 26.0 Å². The summed E-state index contributed by atoms with van der Waals surface area (Å²) in [6, 6.07) is 6.07. The third kappa shape index (κ3) is 2.80. The number of hydrogen-bond donors (Lipinski definition) is 2. The van der Waals surface area contributed by atoms with E-state index in [2.05, 4.69) is 5.10 Å². The number of nitrogen functional groups attached to an aromatic ring is 1. The minimum absolute atomic E-state index is 0.00150. The minimum Gasteiger partial charge on any atom is -0.508 e. The Labute approximate surface area is 123 Å². The Morgan fingerprint density at radius 3 is 2.62 bits per heavy atom. The second kappa shape index (κ2) is 5.65. The molecule has 1 aromatic carbocycles. The molecule has 8 heteroatoms. The second-order valence-electron chi connectivity index (χ2n) is 4.42. The standard InChI is InChI=1S/C13H18N4O3S/c1-3-16-9-12(13(14)15-16)21(19,20)17(4-2)10-6-5-7-11(18)8-10/h5-9,18H,3-4H2,1-2H3,(H2,14,15). The highest BCUT2D eigenvalue weighted by molar-refractivity contribution is 7.93. The molecule has 2 rings (SSSR count). The molecule has 0 fully saturated rings. The summed E-state index contributed by atoms with van der Waals surface area (Å²) in [5, 5.41) is 13.5. The number of benzene rings is 1. The summed E-state index contributed by atoms with van der Waals surface area (Å²) in [5.41, 5.74) is 6.09. The topological polar surface area (TPSA) is 101 Å². The first kappa shape index (κ1) is 15.2. The van der Waals surface area contributed by atoms with Gasteiger partial charge in [-0.25, -0.2) is 8.42 Å². The minimum atomic E-state index is -3.83. The van der Waals surface area contributed by atoms with Gasteiger partial charge in [0.05, 0.1) is 5.69 Å². The number of aryl methyl sites for hydroxylation is 1. The molecule has 0 radical (unpaired) electrons. The zero-order valence-electron chi connectivity index (χ0n) is 11.9. The number of nitrogens with two attached hydrogens (primary N) is 1. The van der Waals surface area contributed by atoms with Crippen molar-refractivity contribution in [3.63, 3.8) is 0 Å². The van der Waals surface area contributed by atoms with Gasteiger partial charge in [-0.2, -0.15) is 5.10 Å². The van der Waals surface area contributed by atoms with Crippen molar-refractivity contribution >= 4 is 21.5 Å². The Morgan fingerprint density at radius 2 is 2.10 bits per heavy atom. The number of hydrogen-bond acceptors (Lipinski definition) is 5. The zero-order valence-corrected chi connectivity index (χ0v) is 12.7. The van der Waals surface area contributed by atoms with Crippen molar-refractivity contribution in [1.29, 1.82) is 0 Å². The van der Waals surface area contributed by atoms with Crippen LogP contribution in [0.2, 0.25) is 0 Å². The Bertz CT molecular complexity index is 740. The molecular weight excluding hydrogens is 292 g/mol. The molecule has 0 atom stereocenters. The first-order chi connectivity index (χ1) is 9.90. The van der Waals surface area contributed by atoms with Crippen LogP contribution in [0.25, 0.3) is 0 Å². The summed E-state index contributed by atoms with van der Waals surface area (Å²) in [4.78, 5) is -0.0328. The van der Waals surface area contributed by atoms with E-state index in [0.29, 0.717) is 12.2 Å². The van der Waals surface area contributed by atoms with Crippen molar-refractivity contribution in [2.45, 2.75) is 25.3 Å². The molecule has 21 heavy (non-hydrogen) atoms. The van der Waals surface area contributed by atoms with E-state index in [9.17, 15) is 13.5 Å². The fraction of sp³-hybridized carbons (Fsp3) is 0.308. The van der Waals surface area contributed by atoms with Crippen LogP contribution in [0.1, 0.15) is 13.8 Å². The molecule has 1 aromatic heterocycles. The Morgan fingerprint density at radius 1 is 1.38 bits per heavy atom. The summed E-state index contributed by atoms with van der Waals surface area (Å²) < 4.78 is 28.1. The molecule has 0 saturated heterocycles. The normalized spacial score (nSPS) is 11.5. The van der Waals surface area contributed by atoms with E-state index >= 15 is 0 Å². The molecule has 0 bridgehead atoms. The zero-order chi connectivity index (χ0) is 15.6. The van der Waals surface area contributed by atoms with E-state index in [-0.39, 0.29) is 23.0 Å². The van der Waals surface area contributed by atoms with Crippen molar-refractivity contribution in [2.24, 2.45) is 0 Å². The summed E-state index contributed by atoms with van der Waals surface area (Å²) in [5.74, 6) is -0.0335. The van der Waals surface area contributed by atoms with Gasteiger partial charge in [0.25, 0.3) is 10.0 Å². The van der Waals surface area contributed by atoms with Crippen LogP contribution in [0, 0.1) is 0 Å². The molecule has 1 heterocycles. The van der Waals surface area contributed by atoms with Gasteiger partial charge in [-0.3, -0.25) is 8.99 Å². The smallest absolute Gasteiger partial charge is 0.269 e. The van der Waals surface area contributed by atoms with Crippen LogP contribution in [0.5, 0.6) is 5.75 Å². The van der Waals surface area contributed by atoms with Gasteiger partial charge in [0.15, 0.2) is 5.82 Å². The SMILES string of the molecule is CCN(c1cccc(O)c1)S(=O)(=O)c1cn(CC)nc1N. The summed E-state index contributed by atoms with van der Waals surface area (Å²) >= 11 is 0. The van der Waals surface area contributed by atoms with Crippen LogP contribution in [-0.4, -0.2) is 29.8 Å². The lowest BCUT2D eigenvalue weighted by Crippen LogP contribution is -2.31. The van der Waals surface area contributed by atoms with Gasteiger partial charge in [0.1, 0.15) is 10.6 Å². The number of sulfonamides is 1. The predicted octanol–water partition coefficient (Wildman–Crippen LogP) is 1.41. The molecule has 2 aromatic rings. The third-order valence-corrected chi connectivity index (χ3v) is 4.97. The summed E-state index contributed by atoms with van der Waals surface area (Å²) in [6.45, 7) is 4.29. The lowest BCUT2D eigenvalue weighted by Gasteiger charge is -2.22. The third-order valence-electron chi connectivity index (χ3n) is 3.05. The number of rotatable bonds is 5. The fourth-order valence-corrected chi connectivity index (χ4v) is 3.57. The van der Waals surface area contributed by atoms with E-state index in [1.807, 2.05) is 6.92 Å². The number of phenolic OH excluding ortho intramolecular Hbond substituents is 1. The molecule has 114 valence electrons. The van der Waals surface area contributed by atoms with Crippen LogP contribution in [-0.2, 0) is 16.6 Å². The lowest BCUT2D eigenvalue weighted by molar-refractivity contribution is 0.475. The number of nitrogens with zero attached hydrogens (tertiary/aromatic N) is 3. The van der Waals surface area contributed by atoms with Crippen LogP contribution in [0.3, 0.4) is 0 Å². The molecule has 0 amide bonds. The first-order valence-electron chi connectivity index (χ1n) is 6.54. The second-order valence-corrected chi connectivity index (χ2v) is 6.25. The van der Waals surface area contributed by atoms with E-state index in [1.165, 1.54) is 27.3 Å². The van der Waals surface area contributed by atoms with Gasteiger partial charge in [0.2, 0.25) is 0 Å². The highest BCUT2D eigenvalue weighted by atomic mass is 32.2. The largest absolute Gasteiger partial charge is 0.508 e. The number of phenols is 1. The molecule has 7 nitrogen and oxygen atoms in total. The Kier molecular flexibility index (Phi) is 4.08. The number of aromatic hydroxyl groups is 1. The van der Waals surface area contributed by atoms with Crippen molar-refractivity contribution in [3.8, 4) is 5.75 Å². The molecule has 0 aliphatic rings. The number of aromatic nitrogens is 2. The maximum atomic E-state index is 12.7. The van der Waals surface area contributed by atoms with Gasteiger partial charge < -0.3 is 10.8 Å². The van der Waals surface area contributed by atoms with Gasteiger partial charge in [0, 0.05) is 25.4 Å². The summed E-state index contributed by atoms with van der Waals surface area (Å²) in [7, 11) is -3.83. The maximum Gasteiger partial charge on any atom is 0.269 e. The molecular formula is C13H18N4O3S. The maximum absolute atomic E-state index is 12.7. The average Bonchev–Trinajstić information content (AvgIpc) is 2.81. The van der Waals surface area contributed by atoms with Crippen molar-refractivity contribution in [1.82, 2.24) is 9.78 Å².